The number of hydrogen-bond donors (Lipinski definition) is 1. The fourth-order valence-corrected chi connectivity index (χ4v) is 4.71. The number of hydrogen-bond acceptors (Lipinski definition) is 8. The van der Waals surface area contributed by atoms with Crippen LogP contribution in [0.4, 0.5) is 11.4 Å². The number of amides is 1. The van der Waals surface area contributed by atoms with Crippen LogP contribution in [0, 0.1) is 21.4 Å². The molecule has 3 aromatic carbocycles. The number of rotatable bonds is 9. The first-order chi connectivity index (χ1) is 18.8. The molecule has 4 rings (SSSR count). The Labute approximate surface area is 233 Å². The molecule has 0 bridgehead atoms. The van der Waals surface area contributed by atoms with E-state index in [1.54, 1.807) is 26.4 Å². The lowest BCUT2D eigenvalue weighted by molar-refractivity contribution is -0.384. The van der Waals surface area contributed by atoms with Gasteiger partial charge in [0.15, 0.2) is 0 Å². The van der Waals surface area contributed by atoms with Gasteiger partial charge in [0.2, 0.25) is 5.91 Å². The Morgan fingerprint density at radius 2 is 1.64 bits per heavy atom. The third-order valence-corrected chi connectivity index (χ3v) is 6.95. The zero-order valence-corrected chi connectivity index (χ0v) is 22.4. The number of carbonyl (C=O) groups excluding carboxylic acids is 1. The summed E-state index contributed by atoms with van der Waals surface area (Å²) < 4.78 is 10.5. The molecule has 0 spiro atoms. The number of methoxy groups -OCH3 is 2. The highest BCUT2D eigenvalue weighted by molar-refractivity contribution is 8.00. The number of nitro benzene ring substituents is 1. The third-order valence-electron chi connectivity index (χ3n) is 5.66. The van der Waals surface area contributed by atoms with E-state index < -0.39 is 10.8 Å². The highest BCUT2D eigenvalue weighted by Crippen LogP contribution is 2.35. The second-order valence-electron chi connectivity index (χ2n) is 8.06. The molecule has 196 valence electrons. The van der Waals surface area contributed by atoms with Gasteiger partial charge in [-0.25, -0.2) is 4.98 Å². The molecule has 0 fully saturated rings. The van der Waals surface area contributed by atoms with Crippen molar-refractivity contribution in [2.45, 2.75) is 5.03 Å². The van der Waals surface area contributed by atoms with Crippen molar-refractivity contribution in [3.8, 4) is 40.0 Å². The first kappa shape index (κ1) is 27.4. The molecule has 0 unspecified atom stereocenters. The number of nitro groups is 1. The summed E-state index contributed by atoms with van der Waals surface area (Å²) in [4.78, 5) is 27.8. The minimum Gasteiger partial charge on any atom is -0.497 e. The molecule has 1 N–H and O–H groups in total. The second-order valence-corrected chi connectivity index (χ2v) is 9.43. The number of non-ortho nitro benzene ring substituents is 1. The van der Waals surface area contributed by atoms with Crippen LogP contribution in [0.25, 0.3) is 22.4 Å². The maximum Gasteiger partial charge on any atom is 0.271 e. The van der Waals surface area contributed by atoms with Crippen molar-refractivity contribution >= 4 is 40.6 Å². The van der Waals surface area contributed by atoms with Gasteiger partial charge in [-0.05, 0) is 54.1 Å². The Morgan fingerprint density at radius 1 is 1.03 bits per heavy atom. The molecule has 1 amide bonds. The van der Waals surface area contributed by atoms with Crippen LogP contribution in [0.15, 0.2) is 77.8 Å². The van der Waals surface area contributed by atoms with Crippen LogP contribution in [0.2, 0.25) is 5.02 Å². The van der Waals surface area contributed by atoms with Crippen LogP contribution in [0.5, 0.6) is 11.5 Å². The molecule has 1 aromatic heterocycles. The highest BCUT2D eigenvalue weighted by atomic mass is 35.5. The van der Waals surface area contributed by atoms with Crippen LogP contribution < -0.4 is 14.8 Å². The van der Waals surface area contributed by atoms with Crippen molar-refractivity contribution in [1.29, 1.82) is 5.26 Å². The summed E-state index contributed by atoms with van der Waals surface area (Å²) in [6, 6.07) is 22.5. The van der Waals surface area contributed by atoms with Gasteiger partial charge in [0.05, 0.1) is 46.9 Å². The van der Waals surface area contributed by atoms with E-state index in [2.05, 4.69) is 11.4 Å². The van der Waals surface area contributed by atoms with Gasteiger partial charge in [-0.15, -0.1) is 0 Å². The van der Waals surface area contributed by atoms with E-state index >= 15 is 0 Å². The first-order valence-electron chi connectivity index (χ1n) is 11.4. The maximum absolute atomic E-state index is 12.7. The van der Waals surface area contributed by atoms with Crippen molar-refractivity contribution in [2.24, 2.45) is 0 Å². The molecular formula is C28H21ClN4O5S. The number of pyridine rings is 1. The van der Waals surface area contributed by atoms with E-state index in [9.17, 15) is 20.2 Å². The Hall–Kier alpha value is -4.59. The van der Waals surface area contributed by atoms with Crippen molar-refractivity contribution < 1.29 is 19.2 Å². The number of halogens is 1. The number of carbonyl (C=O) groups is 1. The molecule has 11 heteroatoms. The van der Waals surface area contributed by atoms with E-state index in [1.807, 2.05) is 42.5 Å². The summed E-state index contributed by atoms with van der Waals surface area (Å²) in [6.07, 6.45) is 0. The molecule has 0 aliphatic rings. The Kier molecular flexibility index (Phi) is 8.66. The number of nitrogens with zero attached hydrogens (tertiary/aromatic N) is 3. The summed E-state index contributed by atoms with van der Waals surface area (Å²) in [5, 5.41) is 24.1. The lowest BCUT2D eigenvalue weighted by atomic mass is 9.99. The zero-order chi connectivity index (χ0) is 27.9. The Bertz CT molecular complexity index is 1570. The minimum atomic E-state index is -0.571. The average molecular weight is 561 g/mol. The van der Waals surface area contributed by atoms with Gasteiger partial charge in [-0.3, -0.25) is 14.9 Å². The summed E-state index contributed by atoms with van der Waals surface area (Å²) in [5.41, 5.74) is 3.24. The van der Waals surface area contributed by atoms with Crippen LogP contribution in [0.3, 0.4) is 0 Å². The predicted octanol–water partition coefficient (Wildman–Crippen LogP) is 6.60. The van der Waals surface area contributed by atoms with Crippen molar-refractivity contribution in [3.63, 3.8) is 0 Å². The fourth-order valence-electron chi connectivity index (χ4n) is 3.68. The number of aromatic nitrogens is 1. The van der Waals surface area contributed by atoms with E-state index in [1.165, 1.54) is 18.2 Å². The predicted molar refractivity (Wildman–Crippen MR) is 150 cm³/mol. The normalized spacial score (nSPS) is 10.4. The summed E-state index contributed by atoms with van der Waals surface area (Å²) >= 11 is 7.20. The molecule has 39 heavy (non-hydrogen) atoms. The van der Waals surface area contributed by atoms with Crippen LogP contribution >= 0.6 is 23.4 Å². The van der Waals surface area contributed by atoms with Gasteiger partial charge in [-0.1, -0.05) is 35.5 Å². The van der Waals surface area contributed by atoms with Gasteiger partial charge in [0, 0.05) is 23.3 Å². The smallest absolute Gasteiger partial charge is 0.271 e. The Balaban J connectivity index is 1.66. The molecule has 4 aromatic rings. The van der Waals surface area contributed by atoms with Crippen molar-refractivity contribution in [1.82, 2.24) is 4.98 Å². The average Bonchev–Trinajstić information content (AvgIpc) is 2.96. The summed E-state index contributed by atoms with van der Waals surface area (Å²) in [6.45, 7) is 0. The molecule has 0 aliphatic carbocycles. The standard InChI is InChI=1S/C28H21ClN4O5S/c1-37-20-8-3-17(4-9-20)22-14-26(18-5-10-21(38-2)11-6-18)32-28(23(22)15-30)39-16-27(34)31-25-12-7-19(33(35)36)13-24(25)29/h3-14H,16H2,1-2H3,(H,31,34). The largest absolute Gasteiger partial charge is 0.497 e. The van der Waals surface area contributed by atoms with Crippen molar-refractivity contribution in [2.75, 3.05) is 25.3 Å². The topological polar surface area (TPSA) is 127 Å². The molecule has 0 atom stereocenters. The molecule has 0 saturated carbocycles. The lowest BCUT2D eigenvalue weighted by Gasteiger charge is -2.13. The number of ether oxygens (including phenoxy) is 2. The molecule has 0 radical (unpaired) electrons. The molecule has 1 heterocycles. The zero-order valence-electron chi connectivity index (χ0n) is 20.8. The number of thioether (sulfide) groups is 1. The van der Waals surface area contributed by atoms with E-state index in [4.69, 9.17) is 26.1 Å². The van der Waals surface area contributed by atoms with Gasteiger partial charge in [-0.2, -0.15) is 5.26 Å². The molecule has 0 aliphatic heterocycles. The van der Waals surface area contributed by atoms with Gasteiger partial charge in [0.25, 0.3) is 5.69 Å². The number of nitriles is 1. The number of benzene rings is 3. The van der Waals surface area contributed by atoms with E-state index in [0.717, 1.165) is 22.9 Å². The number of nitrogens with one attached hydrogen (secondary N) is 1. The molecule has 9 nitrogen and oxygen atoms in total. The molecular weight excluding hydrogens is 540 g/mol. The van der Waals surface area contributed by atoms with Crippen LogP contribution in [0.1, 0.15) is 5.56 Å². The number of anilines is 1. The highest BCUT2D eigenvalue weighted by Gasteiger charge is 2.18. The maximum atomic E-state index is 12.7. The Morgan fingerprint density at radius 3 is 2.18 bits per heavy atom. The van der Waals surface area contributed by atoms with Crippen molar-refractivity contribution in [3.05, 3.63) is 93.5 Å². The molecule has 0 saturated heterocycles. The van der Waals surface area contributed by atoms with E-state index in [-0.39, 0.29) is 22.2 Å². The summed E-state index contributed by atoms with van der Waals surface area (Å²) in [5.74, 6) is 0.877. The monoisotopic (exact) mass is 560 g/mol. The summed E-state index contributed by atoms with van der Waals surface area (Å²) in [7, 11) is 3.16. The minimum absolute atomic E-state index is 0.0432. The van der Waals surface area contributed by atoms with Gasteiger partial charge < -0.3 is 14.8 Å². The van der Waals surface area contributed by atoms with E-state index in [0.29, 0.717) is 33.3 Å². The van der Waals surface area contributed by atoms with Crippen LogP contribution in [-0.2, 0) is 4.79 Å². The van der Waals surface area contributed by atoms with Gasteiger partial charge in [0.1, 0.15) is 22.6 Å². The quantitative estimate of drug-likeness (QED) is 0.138. The lowest BCUT2D eigenvalue weighted by Crippen LogP contribution is -2.14. The SMILES string of the molecule is COc1ccc(-c2cc(-c3ccc(OC)cc3)c(C#N)c(SCC(=O)Nc3ccc([N+](=O)[O-])cc3Cl)n2)cc1. The van der Waals surface area contributed by atoms with Crippen LogP contribution in [-0.4, -0.2) is 35.8 Å². The second kappa shape index (κ2) is 12.3. The third kappa shape index (κ3) is 6.46. The van der Waals surface area contributed by atoms with Gasteiger partial charge >= 0.3 is 0 Å². The first-order valence-corrected chi connectivity index (χ1v) is 12.8. The fraction of sp³-hybridized carbons (Fsp3) is 0.107.